The van der Waals surface area contributed by atoms with Gasteiger partial charge in [-0.2, -0.15) is 0 Å². The number of aromatic nitrogens is 1. The fourth-order valence-electron chi connectivity index (χ4n) is 1.86. The van der Waals surface area contributed by atoms with Crippen molar-refractivity contribution < 1.29 is 4.79 Å². The van der Waals surface area contributed by atoms with Gasteiger partial charge in [0.15, 0.2) is 5.13 Å². The monoisotopic (exact) mass is 254 g/mol. The van der Waals surface area contributed by atoms with Crippen molar-refractivity contribution in [1.29, 1.82) is 0 Å². The molecule has 1 saturated heterocycles. The SMILES string of the molecule is CNC(C)c1sc(N2CCNC(=O)C2)nc1C. The van der Waals surface area contributed by atoms with E-state index < -0.39 is 0 Å². The molecule has 17 heavy (non-hydrogen) atoms. The Bertz CT molecular complexity index is 418. The highest BCUT2D eigenvalue weighted by molar-refractivity contribution is 7.15. The van der Waals surface area contributed by atoms with Gasteiger partial charge in [0, 0.05) is 24.0 Å². The number of carbonyl (C=O) groups is 1. The molecular weight excluding hydrogens is 236 g/mol. The first kappa shape index (κ1) is 12.3. The van der Waals surface area contributed by atoms with Crippen LogP contribution in [0.4, 0.5) is 5.13 Å². The summed E-state index contributed by atoms with van der Waals surface area (Å²) in [6, 6.07) is 0.305. The van der Waals surface area contributed by atoms with Crippen LogP contribution in [0.25, 0.3) is 0 Å². The van der Waals surface area contributed by atoms with E-state index in [4.69, 9.17) is 0 Å². The highest BCUT2D eigenvalue weighted by Gasteiger charge is 2.21. The number of nitrogens with one attached hydrogen (secondary N) is 2. The largest absolute Gasteiger partial charge is 0.353 e. The fourth-order valence-corrected chi connectivity index (χ4v) is 3.02. The van der Waals surface area contributed by atoms with E-state index in [-0.39, 0.29) is 5.91 Å². The number of aryl methyl sites for hydroxylation is 1. The lowest BCUT2D eigenvalue weighted by atomic mass is 10.2. The van der Waals surface area contributed by atoms with E-state index in [2.05, 4.69) is 22.5 Å². The van der Waals surface area contributed by atoms with Gasteiger partial charge in [-0.1, -0.05) is 11.3 Å². The molecule has 0 saturated carbocycles. The minimum Gasteiger partial charge on any atom is -0.353 e. The molecule has 0 spiro atoms. The van der Waals surface area contributed by atoms with Crippen LogP contribution in [0.15, 0.2) is 0 Å². The van der Waals surface area contributed by atoms with Gasteiger partial charge in [-0.05, 0) is 20.9 Å². The summed E-state index contributed by atoms with van der Waals surface area (Å²) in [5, 5.41) is 6.99. The maximum absolute atomic E-state index is 11.3. The first-order valence-corrected chi connectivity index (χ1v) is 6.59. The Morgan fingerprint density at radius 2 is 2.35 bits per heavy atom. The molecule has 6 heteroatoms. The van der Waals surface area contributed by atoms with Crippen molar-refractivity contribution in [2.24, 2.45) is 0 Å². The van der Waals surface area contributed by atoms with E-state index in [1.54, 1.807) is 11.3 Å². The summed E-state index contributed by atoms with van der Waals surface area (Å²) in [4.78, 5) is 19.2. The number of anilines is 1. The van der Waals surface area contributed by atoms with E-state index in [0.717, 1.165) is 17.4 Å². The van der Waals surface area contributed by atoms with Crippen molar-refractivity contribution in [3.8, 4) is 0 Å². The number of rotatable bonds is 3. The minimum atomic E-state index is 0.0762. The molecule has 2 rings (SSSR count). The number of thiazole rings is 1. The third-order valence-electron chi connectivity index (χ3n) is 2.96. The molecule has 0 radical (unpaired) electrons. The second kappa shape index (κ2) is 5.01. The molecule has 1 aliphatic heterocycles. The zero-order chi connectivity index (χ0) is 12.4. The van der Waals surface area contributed by atoms with Gasteiger partial charge in [0.2, 0.25) is 5.91 Å². The van der Waals surface area contributed by atoms with Crippen molar-refractivity contribution in [3.05, 3.63) is 10.6 Å². The predicted molar refractivity (Wildman–Crippen MR) is 69.5 cm³/mol. The maximum atomic E-state index is 11.3. The summed E-state index contributed by atoms with van der Waals surface area (Å²) < 4.78 is 0. The molecule has 1 unspecified atom stereocenters. The Morgan fingerprint density at radius 3 is 3.00 bits per heavy atom. The Labute approximate surface area is 105 Å². The van der Waals surface area contributed by atoms with Crippen molar-refractivity contribution in [1.82, 2.24) is 15.6 Å². The van der Waals surface area contributed by atoms with Crippen molar-refractivity contribution in [2.75, 3.05) is 31.6 Å². The molecule has 1 aliphatic rings. The summed E-state index contributed by atoms with van der Waals surface area (Å²) in [5.41, 5.74) is 1.05. The number of hydrogen-bond donors (Lipinski definition) is 2. The second-order valence-electron chi connectivity index (χ2n) is 4.23. The molecule has 0 bridgehead atoms. The molecule has 1 aromatic rings. The van der Waals surface area contributed by atoms with Gasteiger partial charge in [0.05, 0.1) is 12.2 Å². The summed E-state index contributed by atoms with van der Waals surface area (Å²) in [7, 11) is 1.94. The Kier molecular flexibility index (Phi) is 3.63. The fraction of sp³-hybridized carbons (Fsp3) is 0.636. The van der Waals surface area contributed by atoms with Crippen LogP contribution in [-0.2, 0) is 4.79 Å². The Morgan fingerprint density at radius 1 is 1.59 bits per heavy atom. The zero-order valence-electron chi connectivity index (χ0n) is 10.4. The van der Waals surface area contributed by atoms with Crippen LogP contribution in [0.1, 0.15) is 23.5 Å². The van der Waals surface area contributed by atoms with Crippen LogP contribution >= 0.6 is 11.3 Å². The van der Waals surface area contributed by atoms with Gasteiger partial charge >= 0.3 is 0 Å². The number of amides is 1. The van der Waals surface area contributed by atoms with Crippen LogP contribution in [0.2, 0.25) is 0 Å². The molecular formula is C11H18N4OS. The van der Waals surface area contributed by atoms with E-state index in [1.807, 2.05) is 18.9 Å². The predicted octanol–water partition coefficient (Wildman–Crippen LogP) is 0.668. The maximum Gasteiger partial charge on any atom is 0.239 e. The minimum absolute atomic E-state index is 0.0762. The Hall–Kier alpha value is -1.14. The summed E-state index contributed by atoms with van der Waals surface area (Å²) in [6.07, 6.45) is 0. The van der Waals surface area contributed by atoms with Gasteiger partial charge in [-0.15, -0.1) is 0 Å². The number of hydrogen-bond acceptors (Lipinski definition) is 5. The molecule has 1 fully saturated rings. The van der Waals surface area contributed by atoms with Crippen LogP contribution in [0.3, 0.4) is 0 Å². The average molecular weight is 254 g/mol. The molecule has 0 aliphatic carbocycles. The van der Waals surface area contributed by atoms with Crippen LogP contribution in [0, 0.1) is 6.92 Å². The number of piperazine rings is 1. The lowest BCUT2D eigenvalue weighted by molar-refractivity contribution is -0.120. The van der Waals surface area contributed by atoms with Gasteiger partial charge in [0.1, 0.15) is 0 Å². The molecule has 2 heterocycles. The second-order valence-corrected chi connectivity index (χ2v) is 5.24. The molecule has 94 valence electrons. The zero-order valence-corrected chi connectivity index (χ0v) is 11.2. The van der Waals surface area contributed by atoms with Crippen molar-refractivity contribution >= 4 is 22.4 Å². The first-order chi connectivity index (χ1) is 8.11. The van der Waals surface area contributed by atoms with Crippen molar-refractivity contribution in [3.63, 3.8) is 0 Å². The van der Waals surface area contributed by atoms with E-state index in [9.17, 15) is 4.79 Å². The number of carbonyl (C=O) groups excluding carboxylic acids is 1. The topological polar surface area (TPSA) is 57.3 Å². The van der Waals surface area contributed by atoms with Crippen molar-refractivity contribution in [2.45, 2.75) is 19.9 Å². The van der Waals surface area contributed by atoms with Gasteiger partial charge in [-0.25, -0.2) is 4.98 Å². The average Bonchev–Trinajstić information content (AvgIpc) is 2.70. The van der Waals surface area contributed by atoms with Gasteiger partial charge in [0.25, 0.3) is 0 Å². The van der Waals surface area contributed by atoms with E-state index in [1.165, 1.54) is 4.88 Å². The lowest BCUT2D eigenvalue weighted by Crippen LogP contribution is -2.47. The smallest absolute Gasteiger partial charge is 0.239 e. The highest BCUT2D eigenvalue weighted by Crippen LogP contribution is 2.30. The van der Waals surface area contributed by atoms with Crippen LogP contribution in [0.5, 0.6) is 0 Å². The number of nitrogens with zero attached hydrogens (tertiary/aromatic N) is 2. The molecule has 1 aromatic heterocycles. The van der Waals surface area contributed by atoms with Gasteiger partial charge in [-0.3, -0.25) is 4.79 Å². The third kappa shape index (κ3) is 2.58. The third-order valence-corrected chi connectivity index (χ3v) is 4.36. The normalized spacial score (nSPS) is 18.1. The lowest BCUT2D eigenvalue weighted by Gasteiger charge is -2.25. The standard InChI is InChI=1S/C11H18N4OS/c1-7(12-3)10-8(2)14-11(17-10)15-5-4-13-9(16)6-15/h7,12H,4-6H2,1-3H3,(H,13,16). The Balaban J connectivity index is 2.19. The molecule has 5 nitrogen and oxygen atoms in total. The molecule has 2 N–H and O–H groups in total. The summed E-state index contributed by atoms with van der Waals surface area (Å²) >= 11 is 1.67. The van der Waals surface area contributed by atoms with Crippen LogP contribution in [-0.4, -0.2) is 37.6 Å². The summed E-state index contributed by atoms with van der Waals surface area (Å²) in [6.45, 7) is 6.10. The molecule has 0 aromatic carbocycles. The highest BCUT2D eigenvalue weighted by atomic mass is 32.1. The van der Waals surface area contributed by atoms with Gasteiger partial charge < -0.3 is 15.5 Å². The summed E-state index contributed by atoms with van der Waals surface area (Å²) in [5.74, 6) is 0.0762. The van der Waals surface area contributed by atoms with E-state index >= 15 is 0 Å². The molecule has 1 amide bonds. The molecule has 1 atom stereocenters. The quantitative estimate of drug-likeness (QED) is 0.832. The van der Waals surface area contributed by atoms with Crippen LogP contribution < -0.4 is 15.5 Å². The van der Waals surface area contributed by atoms with E-state index in [0.29, 0.717) is 19.1 Å². The first-order valence-electron chi connectivity index (χ1n) is 5.78.